The molecule has 4 rings (SSSR count). The van der Waals surface area contributed by atoms with Crippen LogP contribution in [0.1, 0.15) is 40.0 Å². The molecule has 7 heteroatoms. The fourth-order valence-electron chi connectivity index (χ4n) is 3.77. The molecule has 30 heavy (non-hydrogen) atoms. The monoisotopic (exact) mass is 399 g/mol. The van der Waals surface area contributed by atoms with Gasteiger partial charge in [0.05, 0.1) is 21.7 Å². The molecule has 0 saturated heterocycles. The average Bonchev–Trinajstić information content (AvgIpc) is 2.76. The Hall–Kier alpha value is -4.05. The summed E-state index contributed by atoms with van der Waals surface area (Å²) in [6, 6.07) is 15.5. The van der Waals surface area contributed by atoms with Crippen molar-refractivity contribution in [3.63, 3.8) is 0 Å². The normalized spacial score (nSPS) is 14.2. The van der Waals surface area contributed by atoms with E-state index in [1.807, 2.05) is 36.4 Å². The summed E-state index contributed by atoms with van der Waals surface area (Å²) in [4.78, 5) is 28.0. The first-order valence-corrected chi connectivity index (χ1v) is 9.49. The molecular weight excluding hydrogens is 382 g/mol. The number of hydrogen-bond donors (Lipinski definition) is 0. The second kappa shape index (κ2) is 8.13. The number of nitro groups is 1. The molecule has 1 aliphatic rings. The maximum atomic E-state index is 12.8. The molecule has 0 fully saturated rings. The number of hydrogen-bond acceptors (Lipinski definition) is 6. The molecular formula is C23H17N3O4. The number of rotatable bonds is 4. The lowest BCUT2D eigenvalue weighted by molar-refractivity contribution is -0.384. The Balaban J connectivity index is 1.85. The molecule has 3 aromatic rings. The molecule has 0 aliphatic heterocycles. The van der Waals surface area contributed by atoms with E-state index in [1.165, 1.54) is 12.1 Å². The number of fused-ring (bicyclic) bond motifs is 2. The van der Waals surface area contributed by atoms with Crippen LogP contribution >= 0.6 is 0 Å². The van der Waals surface area contributed by atoms with Crippen LogP contribution in [0.25, 0.3) is 22.6 Å². The van der Waals surface area contributed by atoms with Crippen molar-refractivity contribution >= 4 is 34.2 Å². The Kier molecular flexibility index (Phi) is 5.22. The number of non-ortho nitro benzene ring substituents is 1. The Morgan fingerprint density at radius 3 is 2.70 bits per heavy atom. The highest BCUT2D eigenvalue weighted by molar-refractivity contribution is 6.06. The molecule has 2 aromatic carbocycles. The van der Waals surface area contributed by atoms with E-state index < -0.39 is 10.9 Å². The van der Waals surface area contributed by atoms with Crippen molar-refractivity contribution in [3.8, 4) is 6.07 Å². The van der Waals surface area contributed by atoms with Crippen LogP contribution < -0.4 is 0 Å². The zero-order valence-electron chi connectivity index (χ0n) is 16.0. The summed E-state index contributed by atoms with van der Waals surface area (Å²) in [6.45, 7) is -0.310. The molecule has 0 radical (unpaired) electrons. The molecule has 0 N–H and O–H groups in total. The van der Waals surface area contributed by atoms with Crippen LogP contribution in [0.5, 0.6) is 0 Å². The number of carbonyl (C=O) groups excluding carboxylic acids is 1. The van der Waals surface area contributed by atoms with Gasteiger partial charge in [-0.25, -0.2) is 9.78 Å². The van der Waals surface area contributed by atoms with Crippen LogP contribution in [-0.4, -0.2) is 22.5 Å². The van der Waals surface area contributed by atoms with E-state index >= 15 is 0 Å². The van der Waals surface area contributed by atoms with Gasteiger partial charge in [-0.1, -0.05) is 18.2 Å². The van der Waals surface area contributed by atoms with Crippen molar-refractivity contribution in [2.24, 2.45) is 0 Å². The minimum absolute atomic E-state index is 0.0350. The molecule has 0 spiro atoms. The van der Waals surface area contributed by atoms with Crippen LogP contribution in [-0.2, 0) is 11.2 Å². The molecule has 0 bridgehead atoms. The number of aromatic nitrogens is 1. The first-order chi connectivity index (χ1) is 14.6. The Morgan fingerprint density at radius 1 is 1.20 bits per heavy atom. The number of benzene rings is 2. The quantitative estimate of drug-likeness (QED) is 0.358. The van der Waals surface area contributed by atoms with Crippen molar-refractivity contribution in [1.82, 2.24) is 4.98 Å². The third-order valence-electron chi connectivity index (χ3n) is 5.09. The van der Waals surface area contributed by atoms with Gasteiger partial charge in [-0.2, -0.15) is 5.26 Å². The van der Waals surface area contributed by atoms with Crippen LogP contribution in [0.4, 0.5) is 5.69 Å². The number of allylic oxidation sites excluding steroid dienone is 1. The van der Waals surface area contributed by atoms with Gasteiger partial charge in [-0.3, -0.25) is 10.1 Å². The first kappa shape index (κ1) is 19.3. The van der Waals surface area contributed by atoms with Gasteiger partial charge in [-0.05, 0) is 60.2 Å². The number of esters is 1. The molecule has 1 aromatic heterocycles. The van der Waals surface area contributed by atoms with E-state index in [2.05, 4.69) is 0 Å². The summed E-state index contributed by atoms with van der Waals surface area (Å²) >= 11 is 0. The minimum atomic E-state index is -0.525. The average molecular weight is 399 g/mol. The number of nitrogens with zero attached hydrogens (tertiary/aromatic N) is 3. The van der Waals surface area contributed by atoms with E-state index in [0.29, 0.717) is 22.9 Å². The van der Waals surface area contributed by atoms with Gasteiger partial charge in [-0.15, -0.1) is 0 Å². The Labute approximate surface area is 172 Å². The zero-order valence-corrected chi connectivity index (χ0v) is 16.0. The van der Waals surface area contributed by atoms with Crippen molar-refractivity contribution in [2.45, 2.75) is 19.3 Å². The van der Waals surface area contributed by atoms with Crippen LogP contribution in [0.2, 0.25) is 0 Å². The van der Waals surface area contributed by atoms with Crippen molar-refractivity contribution in [1.29, 1.82) is 5.26 Å². The van der Waals surface area contributed by atoms with Gasteiger partial charge in [0.2, 0.25) is 0 Å². The summed E-state index contributed by atoms with van der Waals surface area (Å²) in [6.07, 6.45) is 4.25. The molecule has 0 atom stereocenters. The Morgan fingerprint density at radius 2 is 1.97 bits per heavy atom. The third kappa shape index (κ3) is 3.63. The number of nitro benzene ring substituents is 1. The molecule has 1 heterocycles. The summed E-state index contributed by atoms with van der Waals surface area (Å²) < 4.78 is 5.13. The molecule has 1 aliphatic carbocycles. The van der Waals surface area contributed by atoms with Crippen LogP contribution in [0, 0.1) is 21.4 Å². The summed E-state index contributed by atoms with van der Waals surface area (Å²) in [5, 5.41) is 20.4. The molecule has 148 valence electrons. The van der Waals surface area contributed by atoms with E-state index in [4.69, 9.17) is 15.0 Å². The molecule has 0 unspecified atom stereocenters. The maximum absolute atomic E-state index is 12.8. The number of ether oxygens (including phenoxy) is 1. The zero-order chi connectivity index (χ0) is 21.1. The van der Waals surface area contributed by atoms with Crippen molar-refractivity contribution < 1.29 is 14.5 Å². The van der Waals surface area contributed by atoms with Gasteiger partial charge >= 0.3 is 5.97 Å². The highest BCUT2D eigenvalue weighted by Gasteiger charge is 2.26. The summed E-state index contributed by atoms with van der Waals surface area (Å²) in [7, 11) is 0. The van der Waals surface area contributed by atoms with Gasteiger partial charge < -0.3 is 4.74 Å². The largest absolute Gasteiger partial charge is 0.447 e. The topological polar surface area (TPSA) is 106 Å². The molecule has 7 nitrogen and oxygen atoms in total. The molecule has 0 saturated carbocycles. The number of nitriles is 1. The van der Waals surface area contributed by atoms with Gasteiger partial charge in [0, 0.05) is 17.5 Å². The fraction of sp³-hybridized carbons (Fsp3) is 0.174. The summed E-state index contributed by atoms with van der Waals surface area (Å²) in [5.41, 5.74) is 4.51. The van der Waals surface area contributed by atoms with E-state index in [-0.39, 0.29) is 12.3 Å². The van der Waals surface area contributed by atoms with Gasteiger partial charge in [0.1, 0.15) is 6.07 Å². The lowest BCUT2D eigenvalue weighted by Gasteiger charge is -2.22. The first-order valence-electron chi connectivity index (χ1n) is 9.49. The lowest BCUT2D eigenvalue weighted by atomic mass is 9.86. The predicted molar refractivity (Wildman–Crippen MR) is 112 cm³/mol. The number of carbonyl (C=O) groups is 1. The Bertz CT molecular complexity index is 1220. The van der Waals surface area contributed by atoms with Gasteiger partial charge in [0.15, 0.2) is 6.61 Å². The van der Waals surface area contributed by atoms with Gasteiger partial charge in [0.25, 0.3) is 5.69 Å². The highest BCUT2D eigenvalue weighted by atomic mass is 16.6. The SMILES string of the molecule is N#CCOC(=O)c1c2c(nc3ccccc13)/C(=C/c1ccc([N+](=O)[O-])cc1)CCC2. The highest BCUT2D eigenvalue weighted by Crippen LogP contribution is 2.36. The van der Waals surface area contributed by atoms with E-state index in [1.54, 1.807) is 12.1 Å². The standard InChI is InChI=1S/C23H17N3O4/c24-12-13-30-23(27)21-18-5-1-2-7-20(18)25-22-16(4-3-6-19(21)22)14-15-8-10-17(11-9-15)26(28)29/h1-2,5,7-11,14H,3-4,6,13H2/b16-14+. The predicted octanol–water partition coefficient (Wildman–Crippen LogP) is 4.70. The van der Waals surface area contributed by atoms with Crippen LogP contribution in [0.3, 0.4) is 0 Å². The van der Waals surface area contributed by atoms with E-state index in [9.17, 15) is 14.9 Å². The third-order valence-corrected chi connectivity index (χ3v) is 5.09. The van der Waals surface area contributed by atoms with Crippen LogP contribution in [0.15, 0.2) is 48.5 Å². The number of para-hydroxylation sites is 1. The summed E-state index contributed by atoms with van der Waals surface area (Å²) in [5.74, 6) is -0.525. The minimum Gasteiger partial charge on any atom is -0.447 e. The molecule has 0 amide bonds. The number of pyridine rings is 1. The van der Waals surface area contributed by atoms with Crippen molar-refractivity contribution in [2.75, 3.05) is 6.61 Å². The second-order valence-corrected chi connectivity index (χ2v) is 6.94. The maximum Gasteiger partial charge on any atom is 0.340 e. The lowest BCUT2D eigenvalue weighted by Crippen LogP contribution is -2.15. The van der Waals surface area contributed by atoms with Crippen molar-refractivity contribution in [3.05, 3.63) is 81.0 Å². The second-order valence-electron chi connectivity index (χ2n) is 6.94. The van der Waals surface area contributed by atoms with E-state index in [0.717, 1.165) is 35.2 Å². The fourth-order valence-corrected chi connectivity index (χ4v) is 3.77. The smallest absolute Gasteiger partial charge is 0.340 e.